The fraction of sp³-hybridized carbons (Fsp3) is 0.261. The quantitative estimate of drug-likeness (QED) is 0.692. The Morgan fingerprint density at radius 2 is 1.83 bits per heavy atom. The number of anilines is 3. The Kier molecular flexibility index (Phi) is 5.42. The Morgan fingerprint density at radius 1 is 1.03 bits per heavy atom. The molecule has 1 amide bonds. The topological polar surface area (TPSA) is 67.3 Å². The van der Waals surface area contributed by atoms with Gasteiger partial charge in [-0.25, -0.2) is 0 Å². The molecular weight excluding hydrogens is 364 g/mol. The van der Waals surface area contributed by atoms with Gasteiger partial charge in [0, 0.05) is 17.9 Å². The van der Waals surface area contributed by atoms with E-state index in [1.807, 2.05) is 56.3 Å². The van der Waals surface area contributed by atoms with Gasteiger partial charge in [-0.1, -0.05) is 18.2 Å². The van der Waals surface area contributed by atoms with Crippen LogP contribution in [0.4, 0.5) is 17.2 Å². The maximum atomic E-state index is 12.9. The Balaban J connectivity index is 1.45. The van der Waals surface area contributed by atoms with Crippen molar-refractivity contribution < 1.29 is 9.53 Å². The van der Waals surface area contributed by atoms with Crippen molar-refractivity contribution >= 4 is 23.1 Å². The third kappa shape index (κ3) is 4.37. The number of benzene rings is 2. The molecule has 3 aromatic rings. The van der Waals surface area contributed by atoms with Gasteiger partial charge in [-0.15, -0.1) is 10.2 Å². The van der Waals surface area contributed by atoms with E-state index >= 15 is 0 Å². The van der Waals surface area contributed by atoms with Crippen molar-refractivity contribution in [2.45, 2.75) is 32.8 Å². The van der Waals surface area contributed by atoms with E-state index in [1.54, 1.807) is 17.0 Å². The molecule has 0 bridgehead atoms. The number of ether oxygens (including phenoxy) is 1. The maximum Gasteiger partial charge on any atom is 0.278 e. The lowest BCUT2D eigenvalue weighted by Gasteiger charge is -2.29. The fourth-order valence-corrected chi connectivity index (χ4v) is 3.43. The van der Waals surface area contributed by atoms with Crippen LogP contribution in [-0.2, 0) is 6.42 Å². The van der Waals surface area contributed by atoms with Gasteiger partial charge in [-0.2, -0.15) is 0 Å². The molecular formula is C23H24N4O2. The van der Waals surface area contributed by atoms with Crippen LogP contribution in [-0.4, -0.2) is 28.8 Å². The first-order valence-electron chi connectivity index (χ1n) is 9.87. The average molecular weight is 388 g/mol. The molecule has 6 heteroatoms. The van der Waals surface area contributed by atoms with E-state index in [2.05, 4.69) is 21.6 Å². The van der Waals surface area contributed by atoms with Gasteiger partial charge in [0.15, 0.2) is 11.5 Å². The molecule has 0 aliphatic carbocycles. The second-order valence-corrected chi connectivity index (χ2v) is 7.31. The standard InChI is InChI=1S/C23H24N4O2/c1-16(2)29-19-11-9-18(10-12-19)24-22-14-13-20(25-26-22)23(28)27-15-5-7-17-6-3-4-8-21(17)27/h3-4,6,8-14,16H,5,7,15H2,1-2H3,(H,24,26). The molecule has 29 heavy (non-hydrogen) atoms. The highest BCUT2D eigenvalue weighted by Gasteiger charge is 2.24. The number of para-hydroxylation sites is 1. The number of aryl methyl sites for hydroxylation is 1. The third-order valence-corrected chi connectivity index (χ3v) is 4.74. The number of aromatic nitrogens is 2. The second kappa shape index (κ2) is 8.31. The summed E-state index contributed by atoms with van der Waals surface area (Å²) in [5, 5.41) is 11.5. The summed E-state index contributed by atoms with van der Waals surface area (Å²) in [6.45, 7) is 4.68. The van der Waals surface area contributed by atoms with Crippen molar-refractivity contribution in [3.8, 4) is 5.75 Å². The lowest BCUT2D eigenvalue weighted by molar-refractivity contribution is 0.0979. The zero-order valence-electron chi connectivity index (χ0n) is 16.6. The first-order valence-corrected chi connectivity index (χ1v) is 9.87. The number of carbonyl (C=O) groups excluding carboxylic acids is 1. The average Bonchev–Trinajstić information content (AvgIpc) is 2.74. The molecule has 2 heterocycles. The summed E-state index contributed by atoms with van der Waals surface area (Å²) in [5.74, 6) is 1.28. The summed E-state index contributed by atoms with van der Waals surface area (Å²) in [4.78, 5) is 14.7. The molecule has 1 N–H and O–H groups in total. The zero-order valence-corrected chi connectivity index (χ0v) is 16.6. The molecule has 6 nitrogen and oxygen atoms in total. The normalized spacial score (nSPS) is 13.1. The summed E-state index contributed by atoms with van der Waals surface area (Å²) in [6, 6.07) is 19.2. The van der Waals surface area contributed by atoms with Crippen molar-refractivity contribution in [1.82, 2.24) is 10.2 Å². The van der Waals surface area contributed by atoms with Crippen molar-refractivity contribution in [2.75, 3.05) is 16.8 Å². The number of amides is 1. The van der Waals surface area contributed by atoms with E-state index in [9.17, 15) is 4.79 Å². The van der Waals surface area contributed by atoms with Gasteiger partial charge in [0.2, 0.25) is 0 Å². The molecule has 148 valence electrons. The molecule has 1 aliphatic rings. The van der Waals surface area contributed by atoms with Gasteiger partial charge in [-0.05, 0) is 74.7 Å². The molecule has 0 atom stereocenters. The second-order valence-electron chi connectivity index (χ2n) is 7.31. The summed E-state index contributed by atoms with van der Waals surface area (Å²) in [7, 11) is 0. The summed E-state index contributed by atoms with van der Waals surface area (Å²) < 4.78 is 5.65. The molecule has 4 rings (SSSR count). The highest BCUT2D eigenvalue weighted by Crippen LogP contribution is 2.28. The monoisotopic (exact) mass is 388 g/mol. The van der Waals surface area contributed by atoms with E-state index in [0.717, 1.165) is 30.0 Å². The number of hydrogen-bond donors (Lipinski definition) is 1. The molecule has 0 saturated heterocycles. The summed E-state index contributed by atoms with van der Waals surface area (Å²) >= 11 is 0. The minimum Gasteiger partial charge on any atom is -0.491 e. The Bertz CT molecular complexity index is 985. The fourth-order valence-electron chi connectivity index (χ4n) is 3.43. The first-order chi connectivity index (χ1) is 14.1. The number of hydrogen-bond acceptors (Lipinski definition) is 5. The molecule has 1 aliphatic heterocycles. The van der Waals surface area contributed by atoms with Crippen molar-refractivity contribution in [3.63, 3.8) is 0 Å². The van der Waals surface area contributed by atoms with E-state index < -0.39 is 0 Å². The number of rotatable bonds is 5. The Hall–Kier alpha value is -3.41. The van der Waals surface area contributed by atoms with Crippen LogP contribution in [0.1, 0.15) is 36.3 Å². The van der Waals surface area contributed by atoms with E-state index in [4.69, 9.17) is 4.74 Å². The summed E-state index contributed by atoms with van der Waals surface area (Å²) in [5.41, 5.74) is 3.38. The van der Waals surface area contributed by atoms with Crippen LogP contribution in [0.3, 0.4) is 0 Å². The number of nitrogens with zero attached hydrogens (tertiary/aromatic N) is 3. The third-order valence-electron chi connectivity index (χ3n) is 4.74. The molecule has 0 saturated carbocycles. The minimum absolute atomic E-state index is 0.119. The Labute approximate surface area is 170 Å². The predicted octanol–water partition coefficient (Wildman–Crippen LogP) is 4.60. The van der Waals surface area contributed by atoms with E-state index in [-0.39, 0.29) is 12.0 Å². The van der Waals surface area contributed by atoms with Gasteiger partial charge in [-0.3, -0.25) is 4.79 Å². The lowest BCUT2D eigenvalue weighted by Crippen LogP contribution is -2.36. The lowest BCUT2D eigenvalue weighted by atomic mass is 10.0. The van der Waals surface area contributed by atoms with E-state index in [0.29, 0.717) is 18.1 Å². The van der Waals surface area contributed by atoms with Gasteiger partial charge in [0.05, 0.1) is 6.10 Å². The molecule has 0 fully saturated rings. The number of fused-ring (bicyclic) bond motifs is 1. The number of carbonyl (C=O) groups is 1. The van der Waals surface area contributed by atoms with Gasteiger partial charge in [0.25, 0.3) is 5.91 Å². The Morgan fingerprint density at radius 3 is 2.55 bits per heavy atom. The van der Waals surface area contributed by atoms with Gasteiger partial charge < -0.3 is 15.0 Å². The van der Waals surface area contributed by atoms with Crippen LogP contribution in [0.2, 0.25) is 0 Å². The highest BCUT2D eigenvalue weighted by molar-refractivity contribution is 6.05. The van der Waals surface area contributed by atoms with Crippen molar-refractivity contribution in [3.05, 3.63) is 71.9 Å². The molecule has 2 aromatic carbocycles. The van der Waals surface area contributed by atoms with Crippen LogP contribution in [0.25, 0.3) is 0 Å². The SMILES string of the molecule is CC(C)Oc1ccc(Nc2ccc(C(=O)N3CCCc4ccccc43)nn2)cc1. The first kappa shape index (κ1) is 18.9. The molecule has 0 radical (unpaired) electrons. The largest absolute Gasteiger partial charge is 0.491 e. The molecule has 0 spiro atoms. The van der Waals surface area contributed by atoms with Crippen LogP contribution >= 0.6 is 0 Å². The molecule has 1 aromatic heterocycles. The van der Waals surface area contributed by atoms with Crippen LogP contribution in [0.5, 0.6) is 5.75 Å². The number of nitrogens with one attached hydrogen (secondary N) is 1. The van der Waals surface area contributed by atoms with Crippen LogP contribution in [0.15, 0.2) is 60.7 Å². The van der Waals surface area contributed by atoms with Gasteiger partial charge >= 0.3 is 0 Å². The smallest absolute Gasteiger partial charge is 0.278 e. The maximum absolute atomic E-state index is 12.9. The van der Waals surface area contributed by atoms with Crippen molar-refractivity contribution in [1.29, 1.82) is 0 Å². The van der Waals surface area contributed by atoms with Crippen LogP contribution in [0, 0.1) is 0 Å². The predicted molar refractivity (Wildman–Crippen MR) is 114 cm³/mol. The van der Waals surface area contributed by atoms with Gasteiger partial charge in [0.1, 0.15) is 5.75 Å². The summed E-state index contributed by atoms with van der Waals surface area (Å²) in [6.07, 6.45) is 2.08. The van der Waals surface area contributed by atoms with Crippen molar-refractivity contribution in [2.24, 2.45) is 0 Å². The van der Waals surface area contributed by atoms with E-state index in [1.165, 1.54) is 5.56 Å². The van der Waals surface area contributed by atoms with Crippen LogP contribution < -0.4 is 15.0 Å². The zero-order chi connectivity index (χ0) is 20.2. The molecule has 0 unspecified atom stereocenters. The minimum atomic E-state index is -0.119. The highest BCUT2D eigenvalue weighted by atomic mass is 16.5.